The fraction of sp³-hybridized carbons (Fsp3) is 0.0612. The minimum Gasteiger partial charge on any atom is -0.308 e. The molecular formula is C49H33NS2. The van der Waals surface area contributed by atoms with Gasteiger partial charge in [0.25, 0.3) is 0 Å². The zero-order chi connectivity index (χ0) is 34.6. The van der Waals surface area contributed by atoms with Crippen LogP contribution in [0.15, 0.2) is 164 Å². The second-order valence-corrected chi connectivity index (χ2v) is 16.6. The summed E-state index contributed by atoms with van der Waals surface area (Å²) in [7, 11) is 0. The van der Waals surface area contributed by atoms with Gasteiger partial charge in [-0.25, -0.2) is 0 Å². The number of fused-ring (bicyclic) bond motifs is 11. The molecule has 2 aromatic heterocycles. The van der Waals surface area contributed by atoms with Crippen molar-refractivity contribution in [2.45, 2.75) is 19.3 Å². The number of rotatable bonds is 4. The molecule has 1 aliphatic rings. The molecule has 11 rings (SSSR count). The van der Waals surface area contributed by atoms with Crippen molar-refractivity contribution in [1.29, 1.82) is 0 Å². The molecule has 0 saturated heterocycles. The van der Waals surface area contributed by atoms with Crippen molar-refractivity contribution in [2.75, 3.05) is 4.90 Å². The molecule has 0 bridgehead atoms. The van der Waals surface area contributed by atoms with Crippen molar-refractivity contribution in [3.05, 3.63) is 175 Å². The molecule has 0 aliphatic heterocycles. The Kier molecular flexibility index (Phi) is 6.41. The maximum atomic E-state index is 2.53. The first-order valence-corrected chi connectivity index (χ1v) is 19.6. The maximum Gasteiger partial charge on any atom is 0.0640 e. The van der Waals surface area contributed by atoms with E-state index in [1.807, 2.05) is 22.7 Å². The Balaban J connectivity index is 1.17. The average Bonchev–Trinajstić information content (AvgIpc) is 3.84. The highest BCUT2D eigenvalue weighted by Gasteiger charge is 2.38. The highest BCUT2D eigenvalue weighted by atomic mass is 32.1. The van der Waals surface area contributed by atoms with Crippen LogP contribution in [0.1, 0.15) is 25.0 Å². The summed E-state index contributed by atoms with van der Waals surface area (Å²) in [6.07, 6.45) is 0. The fourth-order valence-corrected chi connectivity index (χ4v) is 11.3. The monoisotopic (exact) mass is 699 g/mol. The molecular weight excluding hydrogens is 667 g/mol. The van der Waals surface area contributed by atoms with Gasteiger partial charge in [-0.15, -0.1) is 22.7 Å². The Morgan fingerprint density at radius 2 is 1.10 bits per heavy atom. The lowest BCUT2D eigenvalue weighted by Gasteiger charge is -2.29. The van der Waals surface area contributed by atoms with Crippen molar-refractivity contribution in [1.82, 2.24) is 0 Å². The third kappa shape index (κ3) is 4.21. The predicted octanol–water partition coefficient (Wildman–Crippen LogP) is 15.0. The smallest absolute Gasteiger partial charge is 0.0640 e. The lowest BCUT2D eigenvalue weighted by atomic mass is 9.82. The molecule has 0 unspecified atom stereocenters. The van der Waals surface area contributed by atoms with Gasteiger partial charge in [-0.3, -0.25) is 0 Å². The van der Waals surface area contributed by atoms with Gasteiger partial charge < -0.3 is 4.90 Å². The first-order chi connectivity index (χ1) is 25.6. The molecule has 0 spiro atoms. The van der Waals surface area contributed by atoms with Gasteiger partial charge in [0.15, 0.2) is 0 Å². The highest BCUT2D eigenvalue weighted by molar-refractivity contribution is 7.27. The third-order valence-corrected chi connectivity index (χ3v) is 13.7. The molecule has 8 aromatic carbocycles. The van der Waals surface area contributed by atoms with Crippen LogP contribution in [0, 0.1) is 0 Å². The van der Waals surface area contributed by atoms with Crippen LogP contribution in [-0.4, -0.2) is 0 Å². The molecule has 0 fully saturated rings. The molecule has 0 atom stereocenters. The number of anilines is 3. The van der Waals surface area contributed by atoms with E-state index in [0.29, 0.717) is 0 Å². The number of benzene rings is 8. The average molecular weight is 700 g/mol. The van der Waals surface area contributed by atoms with Gasteiger partial charge in [-0.1, -0.05) is 141 Å². The van der Waals surface area contributed by atoms with Crippen LogP contribution in [-0.2, 0) is 5.41 Å². The third-order valence-electron chi connectivity index (χ3n) is 11.3. The summed E-state index contributed by atoms with van der Waals surface area (Å²) in [6.45, 7) is 4.74. The molecule has 1 aliphatic carbocycles. The summed E-state index contributed by atoms with van der Waals surface area (Å²) >= 11 is 3.79. The van der Waals surface area contributed by atoms with Crippen LogP contribution in [0.5, 0.6) is 0 Å². The second kappa shape index (κ2) is 11.1. The topological polar surface area (TPSA) is 3.24 Å². The standard InChI is InChI=1S/C49H33NS2/c1-49(2)39-18-7-5-14-37(39)46-40(49)19-11-20-41(46)50(42-21-9-17-35-36-29-26-30-12-3-4-13-34(30)47(36)52-48(35)42)32-27-24-31(25-28-32)33-16-10-23-44-45(33)38-15-6-8-22-43(38)51-44/h3-29H,1-2H3. The Bertz CT molecular complexity index is 3050. The van der Waals surface area contributed by atoms with Crippen LogP contribution < -0.4 is 4.90 Å². The zero-order valence-electron chi connectivity index (χ0n) is 28.9. The van der Waals surface area contributed by atoms with E-state index in [4.69, 9.17) is 0 Å². The quantitative estimate of drug-likeness (QED) is 0.177. The molecule has 246 valence electrons. The van der Waals surface area contributed by atoms with Crippen molar-refractivity contribution >= 4 is 90.9 Å². The van der Waals surface area contributed by atoms with Crippen LogP contribution >= 0.6 is 22.7 Å². The number of thiophene rings is 2. The highest BCUT2D eigenvalue weighted by Crippen LogP contribution is 2.55. The van der Waals surface area contributed by atoms with Gasteiger partial charge in [0.05, 0.1) is 16.1 Å². The van der Waals surface area contributed by atoms with E-state index in [9.17, 15) is 0 Å². The Labute approximate surface area is 310 Å². The fourth-order valence-electron chi connectivity index (χ4n) is 8.82. The minimum absolute atomic E-state index is 0.0952. The molecule has 0 saturated carbocycles. The number of hydrogen-bond donors (Lipinski definition) is 0. The zero-order valence-corrected chi connectivity index (χ0v) is 30.5. The van der Waals surface area contributed by atoms with E-state index in [0.717, 1.165) is 5.69 Å². The first-order valence-electron chi connectivity index (χ1n) is 17.9. The summed E-state index contributed by atoms with van der Waals surface area (Å²) in [6, 6.07) is 60.9. The largest absolute Gasteiger partial charge is 0.308 e. The first kappa shape index (κ1) is 29.9. The van der Waals surface area contributed by atoms with Crippen molar-refractivity contribution in [2.24, 2.45) is 0 Å². The lowest BCUT2D eigenvalue weighted by Crippen LogP contribution is -2.16. The second-order valence-electron chi connectivity index (χ2n) is 14.4. The van der Waals surface area contributed by atoms with E-state index in [-0.39, 0.29) is 5.41 Å². The van der Waals surface area contributed by atoms with Crippen LogP contribution in [0.4, 0.5) is 17.1 Å². The molecule has 1 nitrogen and oxygen atoms in total. The number of nitrogens with zero attached hydrogens (tertiary/aromatic N) is 1. The van der Waals surface area contributed by atoms with E-state index >= 15 is 0 Å². The summed E-state index contributed by atoms with van der Waals surface area (Å²) < 4.78 is 5.31. The molecule has 3 heteroatoms. The summed E-state index contributed by atoms with van der Waals surface area (Å²) in [5, 5.41) is 7.88. The molecule has 10 aromatic rings. The van der Waals surface area contributed by atoms with Gasteiger partial charge in [0, 0.05) is 52.3 Å². The van der Waals surface area contributed by atoms with Crippen molar-refractivity contribution in [3.8, 4) is 22.3 Å². The van der Waals surface area contributed by atoms with Gasteiger partial charge in [-0.2, -0.15) is 0 Å². The Hall–Kier alpha value is -5.74. The van der Waals surface area contributed by atoms with E-state index in [2.05, 4.69) is 183 Å². The Morgan fingerprint density at radius 1 is 0.442 bits per heavy atom. The van der Waals surface area contributed by atoms with Gasteiger partial charge in [0.2, 0.25) is 0 Å². The predicted molar refractivity (Wildman–Crippen MR) is 227 cm³/mol. The SMILES string of the molecule is CC1(C)c2ccccc2-c2c(N(c3ccc(-c4cccc5sc6ccccc6c45)cc3)c3cccc4c3sc3c5ccccc5ccc43)cccc21. The van der Waals surface area contributed by atoms with E-state index in [1.54, 1.807) is 0 Å². The van der Waals surface area contributed by atoms with Gasteiger partial charge in [-0.05, 0) is 75.0 Å². The minimum atomic E-state index is -0.0952. The molecule has 52 heavy (non-hydrogen) atoms. The summed E-state index contributed by atoms with van der Waals surface area (Å²) in [4.78, 5) is 2.53. The molecule has 0 N–H and O–H groups in total. The van der Waals surface area contributed by atoms with Gasteiger partial charge in [0.1, 0.15) is 0 Å². The molecule has 0 amide bonds. The van der Waals surface area contributed by atoms with E-state index < -0.39 is 0 Å². The van der Waals surface area contributed by atoms with Crippen LogP contribution in [0.3, 0.4) is 0 Å². The molecule has 0 radical (unpaired) electrons. The van der Waals surface area contributed by atoms with Crippen LogP contribution in [0.25, 0.3) is 73.4 Å². The lowest BCUT2D eigenvalue weighted by molar-refractivity contribution is 0.660. The van der Waals surface area contributed by atoms with E-state index in [1.165, 1.54) is 95.9 Å². The van der Waals surface area contributed by atoms with Gasteiger partial charge >= 0.3 is 0 Å². The molecule has 2 heterocycles. The number of hydrogen-bond acceptors (Lipinski definition) is 3. The van der Waals surface area contributed by atoms with Crippen molar-refractivity contribution < 1.29 is 0 Å². The normalized spacial score (nSPS) is 13.3. The Morgan fingerprint density at radius 3 is 2.00 bits per heavy atom. The van der Waals surface area contributed by atoms with Crippen LogP contribution in [0.2, 0.25) is 0 Å². The summed E-state index contributed by atoms with van der Waals surface area (Å²) in [5.41, 5.74) is 11.4. The summed E-state index contributed by atoms with van der Waals surface area (Å²) in [5.74, 6) is 0. The maximum absolute atomic E-state index is 2.53. The van der Waals surface area contributed by atoms with Crippen molar-refractivity contribution in [3.63, 3.8) is 0 Å².